The number of phenolic OH excluding ortho intramolecular Hbond substituents is 1. The van der Waals surface area contributed by atoms with Gasteiger partial charge < -0.3 is 54.1 Å². The van der Waals surface area contributed by atoms with Crippen LogP contribution >= 0.6 is 0 Å². The zero-order valence-corrected chi connectivity index (χ0v) is 42.8. The predicted molar refractivity (Wildman–Crippen MR) is 280 cm³/mol. The molecule has 5 aromatic rings. The van der Waals surface area contributed by atoms with Gasteiger partial charge in [-0.25, -0.2) is 13.8 Å². The quantitative estimate of drug-likeness (QED) is 0.0918. The van der Waals surface area contributed by atoms with E-state index in [2.05, 4.69) is 42.0 Å². The number of carbonyl (C=O) groups is 4. The fourth-order valence-corrected chi connectivity index (χ4v) is 11.5. The lowest BCUT2D eigenvalue weighted by Crippen LogP contribution is -2.50. The maximum absolute atomic E-state index is 17.4. The Labute approximate surface area is 439 Å². The van der Waals surface area contributed by atoms with E-state index in [9.17, 15) is 24.3 Å². The number of anilines is 2. The molecule has 6 heterocycles. The average molecular weight is 1040 g/mol. The summed E-state index contributed by atoms with van der Waals surface area (Å²) in [6, 6.07) is 12.5. The van der Waals surface area contributed by atoms with Crippen molar-refractivity contribution in [2.45, 2.75) is 57.5 Å². The number of piperazine rings is 2. The molecule has 4 fully saturated rings. The minimum Gasteiger partial charge on any atom is -0.508 e. The summed E-state index contributed by atoms with van der Waals surface area (Å²) in [4.78, 5) is 76.4. The van der Waals surface area contributed by atoms with E-state index >= 15 is 8.78 Å². The van der Waals surface area contributed by atoms with Gasteiger partial charge in [-0.05, 0) is 85.4 Å². The van der Waals surface area contributed by atoms with Crippen molar-refractivity contribution in [3.8, 4) is 47.3 Å². The number of methoxy groups -OCH3 is 1. The number of ether oxygens (including phenoxy) is 2. The van der Waals surface area contributed by atoms with Gasteiger partial charge in [0.1, 0.15) is 52.7 Å². The van der Waals surface area contributed by atoms with Crippen LogP contribution in [0.4, 0.5) is 20.3 Å². The van der Waals surface area contributed by atoms with Gasteiger partial charge in [0.15, 0.2) is 5.82 Å². The molecule has 76 heavy (non-hydrogen) atoms. The van der Waals surface area contributed by atoms with Crippen LogP contribution in [0.15, 0.2) is 42.5 Å². The third kappa shape index (κ3) is 10.4. The molecule has 18 nitrogen and oxygen atoms in total. The first-order valence-corrected chi connectivity index (χ1v) is 26.0. The van der Waals surface area contributed by atoms with Crippen LogP contribution in [0, 0.1) is 46.6 Å². The largest absolute Gasteiger partial charge is 0.508 e. The van der Waals surface area contributed by atoms with Gasteiger partial charge in [0.05, 0.1) is 25.3 Å². The van der Waals surface area contributed by atoms with Crippen molar-refractivity contribution in [1.82, 2.24) is 39.9 Å². The Balaban J connectivity index is 0.795. The van der Waals surface area contributed by atoms with Gasteiger partial charge in [-0.3, -0.25) is 14.4 Å². The number of aromatic hydroxyl groups is 1. The topological polar surface area (TPSA) is 201 Å². The number of nitrogens with one attached hydrogen (secondary N) is 1. The number of piperidine rings is 1. The average Bonchev–Trinajstić information content (AvgIpc) is 4.14. The lowest BCUT2D eigenvalue weighted by molar-refractivity contribution is -0.130. The number of halogens is 2. The first-order chi connectivity index (χ1) is 36.8. The van der Waals surface area contributed by atoms with Crippen molar-refractivity contribution < 1.29 is 42.5 Å². The number of nitriles is 1. The third-order valence-electron chi connectivity index (χ3n) is 15.9. The zero-order valence-electron chi connectivity index (χ0n) is 42.8. The van der Waals surface area contributed by atoms with E-state index < -0.39 is 17.7 Å². The van der Waals surface area contributed by atoms with Crippen LogP contribution in [0.25, 0.3) is 32.9 Å². The first kappa shape index (κ1) is 51.8. The number of pyridine rings is 1. The van der Waals surface area contributed by atoms with Crippen molar-refractivity contribution >= 4 is 57.2 Å². The predicted octanol–water partition coefficient (Wildman–Crippen LogP) is 5.12. The summed E-state index contributed by atoms with van der Waals surface area (Å²) in [5.74, 6) is 0.671. The number of terminal acetylenes is 1. The summed E-state index contributed by atoms with van der Waals surface area (Å²) < 4.78 is 44.9. The number of likely N-dealkylation sites (N-methyl/N-ethyl adjacent to an activating group) is 1. The number of aldehydes is 1. The molecule has 0 bridgehead atoms. The Hall–Kier alpha value is -7.68. The maximum Gasteiger partial charge on any atom is 0.319 e. The van der Waals surface area contributed by atoms with E-state index in [1.807, 2.05) is 23.1 Å². The van der Waals surface area contributed by atoms with Crippen LogP contribution in [0.2, 0.25) is 0 Å². The van der Waals surface area contributed by atoms with Crippen molar-refractivity contribution in [3.63, 3.8) is 0 Å². The summed E-state index contributed by atoms with van der Waals surface area (Å²) >= 11 is 0. The van der Waals surface area contributed by atoms with Crippen LogP contribution in [-0.2, 0) is 20.9 Å². The molecule has 10 rings (SSSR count). The normalized spacial score (nSPS) is 18.3. The first-order valence-electron chi connectivity index (χ1n) is 26.0. The van der Waals surface area contributed by atoms with Crippen molar-refractivity contribution in [2.24, 2.45) is 11.3 Å². The van der Waals surface area contributed by atoms with Gasteiger partial charge in [0.2, 0.25) is 17.7 Å². The number of aromatic nitrogens is 3. The number of carbonyl (C=O) groups excluding carboxylic acids is 4. The molecule has 3 amide bonds. The molecule has 3 aromatic carbocycles. The van der Waals surface area contributed by atoms with Crippen molar-refractivity contribution in [1.29, 1.82) is 5.26 Å². The van der Waals surface area contributed by atoms with E-state index in [1.165, 1.54) is 31.4 Å². The molecule has 5 aliphatic rings. The minimum absolute atomic E-state index is 0.0271. The van der Waals surface area contributed by atoms with Gasteiger partial charge >= 0.3 is 6.01 Å². The highest BCUT2D eigenvalue weighted by molar-refractivity contribution is 6.04. The van der Waals surface area contributed by atoms with Crippen LogP contribution in [-0.4, -0.2) is 169 Å². The van der Waals surface area contributed by atoms with Crippen molar-refractivity contribution in [2.75, 3.05) is 109 Å². The smallest absolute Gasteiger partial charge is 0.319 e. The second-order valence-corrected chi connectivity index (χ2v) is 20.6. The Morgan fingerprint density at radius 1 is 0.947 bits per heavy atom. The lowest BCUT2D eigenvalue weighted by Gasteiger charge is -2.40. The van der Waals surface area contributed by atoms with E-state index in [0.29, 0.717) is 62.0 Å². The number of benzene rings is 3. The van der Waals surface area contributed by atoms with Crippen LogP contribution < -0.4 is 24.6 Å². The Morgan fingerprint density at radius 3 is 2.38 bits per heavy atom. The molecule has 1 saturated carbocycles. The maximum atomic E-state index is 17.4. The van der Waals surface area contributed by atoms with E-state index in [-0.39, 0.29) is 93.1 Å². The number of hydrogen-bond acceptors (Lipinski definition) is 15. The SMILES string of the molecule is C#Cc1c(F)ccc2cc(O)cc(-c3nc(OC)c4c(N5CCN(C(=O)CC#N)CC5)nc(OCC5(CN6CCN(CC7CCN(c8ccc9c(c8)CN(C(CCC=O)C(=O)NC)C9=O)CC7)CC6)CC5)nc4c3F)c12. The molecular formula is C56H61F2N11O7. The molecule has 20 heteroatoms. The Kier molecular flexibility index (Phi) is 14.9. The van der Waals surface area contributed by atoms with Crippen LogP contribution in [0.3, 0.4) is 0 Å². The molecule has 1 unspecified atom stereocenters. The molecule has 4 aliphatic heterocycles. The summed E-state index contributed by atoms with van der Waals surface area (Å²) in [7, 11) is 2.92. The van der Waals surface area contributed by atoms with Gasteiger partial charge in [0, 0.05) is 126 Å². The molecule has 0 radical (unpaired) electrons. The van der Waals surface area contributed by atoms with Crippen LogP contribution in [0.1, 0.15) is 66.4 Å². The lowest BCUT2D eigenvalue weighted by atomic mass is 9.95. The highest BCUT2D eigenvalue weighted by atomic mass is 19.1. The fraction of sp³-hybridized carbons (Fsp3) is 0.464. The van der Waals surface area contributed by atoms with E-state index in [4.69, 9.17) is 26.1 Å². The Morgan fingerprint density at radius 2 is 1.70 bits per heavy atom. The standard InChI is InChI=1S/C56H61F2N11O7/c1-4-40-43(57)10-7-36-29-39(71)30-42(46(36)40)49-48(58)50-47(53(61-49)75-3)51(68-25-23-67(24-26-68)45(72)11-16-59)63-55(62-50)76-34-56(14-15-56)33-65-21-19-64(20-22-65)31-35-12-17-66(18-13-35)38-8-9-41-37(28-38)32-69(54(41)74)44(6-5-27-70)52(73)60-2/h1,7-10,27-30,35,44,71H,5-6,11-15,17-26,31-34H2,2-3H3,(H,60,73). The second-order valence-electron chi connectivity index (χ2n) is 20.6. The van der Waals surface area contributed by atoms with E-state index in [1.54, 1.807) is 16.8 Å². The number of nitrogens with zero attached hydrogens (tertiary/aromatic N) is 10. The van der Waals surface area contributed by atoms with Gasteiger partial charge in [0.25, 0.3) is 5.91 Å². The Bertz CT molecular complexity index is 3170. The molecule has 1 aliphatic carbocycles. The highest BCUT2D eigenvalue weighted by Crippen LogP contribution is 2.47. The molecule has 0 spiro atoms. The van der Waals surface area contributed by atoms with Crippen LogP contribution in [0.5, 0.6) is 17.6 Å². The molecule has 2 N–H and O–H groups in total. The monoisotopic (exact) mass is 1040 g/mol. The van der Waals surface area contributed by atoms with Gasteiger partial charge in [-0.1, -0.05) is 12.0 Å². The van der Waals surface area contributed by atoms with Gasteiger partial charge in [-0.2, -0.15) is 15.2 Å². The zero-order chi connectivity index (χ0) is 53.3. The summed E-state index contributed by atoms with van der Waals surface area (Å²) in [6.07, 6.45) is 10.8. The highest BCUT2D eigenvalue weighted by Gasteiger charge is 2.46. The number of rotatable bonds is 17. The fourth-order valence-electron chi connectivity index (χ4n) is 11.5. The van der Waals surface area contributed by atoms with Gasteiger partial charge in [-0.15, -0.1) is 6.42 Å². The summed E-state index contributed by atoms with van der Waals surface area (Å²) in [6.45, 7) is 9.23. The number of hydrogen-bond donors (Lipinski definition) is 2. The van der Waals surface area contributed by atoms with Crippen molar-refractivity contribution in [3.05, 3.63) is 70.8 Å². The number of fused-ring (bicyclic) bond motifs is 3. The summed E-state index contributed by atoms with van der Waals surface area (Å²) in [5, 5.41) is 23.3. The molecule has 1 atom stereocenters. The third-order valence-corrected chi connectivity index (χ3v) is 15.9. The molecule has 2 aromatic heterocycles. The number of phenols is 1. The summed E-state index contributed by atoms with van der Waals surface area (Å²) in [5.41, 5.74) is 1.91. The molecule has 396 valence electrons. The molecular weight excluding hydrogens is 977 g/mol. The number of amides is 3. The molecule has 3 saturated heterocycles. The van der Waals surface area contributed by atoms with E-state index in [0.717, 1.165) is 95.6 Å². The second kappa shape index (κ2) is 21.9. The minimum atomic E-state index is -0.885.